The van der Waals surface area contributed by atoms with Crippen LogP contribution in [0, 0.1) is 5.41 Å². The molecule has 2 fully saturated rings. The van der Waals surface area contributed by atoms with E-state index in [1.807, 2.05) is 6.07 Å². The highest BCUT2D eigenvalue weighted by atomic mass is 16.2. The van der Waals surface area contributed by atoms with Gasteiger partial charge in [-0.05, 0) is 61.9 Å². The summed E-state index contributed by atoms with van der Waals surface area (Å²) in [7, 11) is 0. The molecule has 2 heterocycles. The van der Waals surface area contributed by atoms with Gasteiger partial charge < -0.3 is 10.2 Å². The number of benzene rings is 1. The highest BCUT2D eigenvalue weighted by Crippen LogP contribution is 2.36. The van der Waals surface area contributed by atoms with Crippen LogP contribution in [-0.2, 0) is 12.8 Å². The molecule has 1 atom stereocenters. The highest BCUT2D eigenvalue weighted by molar-refractivity contribution is 5.94. The maximum absolute atomic E-state index is 12.7. The van der Waals surface area contributed by atoms with E-state index in [0.29, 0.717) is 5.41 Å². The predicted octanol–water partition coefficient (Wildman–Crippen LogP) is 2.00. The minimum Gasteiger partial charge on any atom is -0.338 e. The van der Waals surface area contributed by atoms with Crippen LogP contribution in [0.4, 0.5) is 0 Å². The van der Waals surface area contributed by atoms with Crippen molar-refractivity contribution in [3.63, 3.8) is 0 Å². The molecule has 0 aromatic heterocycles. The molecule has 3 nitrogen and oxygen atoms in total. The summed E-state index contributed by atoms with van der Waals surface area (Å²) in [6, 6.07) is 6.34. The Morgan fingerprint density at radius 3 is 2.95 bits per heavy atom. The second-order valence-corrected chi connectivity index (χ2v) is 6.74. The number of carbonyl (C=O) groups excluding carboxylic acids is 1. The maximum Gasteiger partial charge on any atom is 0.253 e. The second-order valence-electron chi connectivity index (χ2n) is 6.74. The van der Waals surface area contributed by atoms with E-state index in [2.05, 4.69) is 22.3 Å². The molecule has 0 bridgehead atoms. The molecule has 0 radical (unpaired) electrons. The molecule has 2 saturated heterocycles. The van der Waals surface area contributed by atoms with Crippen LogP contribution in [0.1, 0.15) is 40.7 Å². The Hall–Kier alpha value is -1.35. The van der Waals surface area contributed by atoms with E-state index in [1.165, 1.54) is 30.4 Å². The van der Waals surface area contributed by atoms with Crippen molar-refractivity contribution in [1.82, 2.24) is 10.2 Å². The third-order valence-corrected chi connectivity index (χ3v) is 5.40. The normalized spacial score (nSPS) is 28.3. The number of carbonyl (C=O) groups is 1. The van der Waals surface area contributed by atoms with E-state index in [9.17, 15) is 4.79 Å². The molecule has 1 aliphatic carbocycles. The summed E-state index contributed by atoms with van der Waals surface area (Å²) in [5, 5.41) is 3.45. The molecule has 1 aromatic carbocycles. The average molecular weight is 270 g/mol. The number of hydrogen-bond donors (Lipinski definition) is 1. The molecular formula is C17H22N2O. The fourth-order valence-corrected chi connectivity index (χ4v) is 4.14. The molecule has 0 saturated carbocycles. The number of likely N-dealkylation sites (tertiary alicyclic amines) is 1. The summed E-state index contributed by atoms with van der Waals surface area (Å²) in [4.78, 5) is 14.8. The minimum absolute atomic E-state index is 0.239. The summed E-state index contributed by atoms with van der Waals surface area (Å²) in [6.07, 6.45) is 5.95. The quantitative estimate of drug-likeness (QED) is 0.846. The summed E-state index contributed by atoms with van der Waals surface area (Å²) < 4.78 is 0. The van der Waals surface area contributed by atoms with E-state index in [0.717, 1.165) is 44.6 Å². The van der Waals surface area contributed by atoms with Crippen LogP contribution in [0.2, 0.25) is 0 Å². The van der Waals surface area contributed by atoms with Gasteiger partial charge in [-0.3, -0.25) is 4.79 Å². The van der Waals surface area contributed by atoms with Gasteiger partial charge in [-0.2, -0.15) is 0 Å². The van der Waals surface area contributed by atoms with Crippen molar-refractivity contribution in [2.75, 3.05) is 26.2 Å². The SMILES string of the molecule is O=C(c1ccc2c(c1)CCC2)N1CCC2(CCNC2)C1. The van der Waals surface area contributed by atoms with Crippen LogP contribution in [0.5, 0.6) is 0 Å². The number of nitrogens with zero attached hydrogens (tertiary/aromatic N) is 1. The van der Waals surface area contributed by atoms with Gasteiger partial charge in [-0.15, -0.1) is 0 Å². The second kappa shape index (κ2) is 4.59. The van der Waals surface area contributed by atoms with Crippen LogP contribution in [0.3, 0.4) is 0 Å². The van der Waals surface area contributed by atoms with Crippen LogP contribution in [0.15, 0.2) is 18.2 Å². The Morgan fingerprint density at radius 2 is 2.10 bits per heavy atom. The lowest BCUT2D eigenvalue weighted by Crippen LogP contribution is -2.33. The van der Waals surface area contributed by atoms with Crippen molar-refractivity contribution in [1.29, 1.82) is 0 Å². The molecule has 1 unspecified atom stereocenters. The van der Waals surface area contributed by atoms with Crippen molar-refractivity contribution in [3.05, 3.63) is 34.9 Å². The third-order valence-electron chi connectivity index (χ3n) is 5.40. The Kier molecular flexibility index (Phi) is 2.84. The first-order valence-electron chi connectivity index (χ1n) is 7.88. The van der Waals surface area contributed by atoms with Crippen LogP contribution in [0.25, 0.3) is 0 Å². The van der Waals surface area contributed by atoms with E-state index in [4.69, 9.17) is 0 Å². The van der Waals surface area contributed by atoms with Crippen LogP contribution < -0.4 is 5.32 Å². The topological polar surface area (TPSA) is 32.3 Å². The molecule has 2 aliphatic heterocycles. The Bertz CT molecular complexity index is 546. The van der Waals surface area contributed by atoms with Crippen molar-refractivity contribution < 1.29 is 4.79 Å². The first-order chi connectivity index (χ1) is 9.76. The van der Waals surface area contributed by atoms with Gasteiger partial charge in [0.25, 0.3) is 5.91 Å². The smallest absolute Gasteiger partial charge is 0.253 e. The third kappa shape index (κ3) is 1.96. The van der Waals surface area contributed by atoms with Gasteiger partial charge in [-0.25, -0.2) is 0 Å². The number of fused-ring (bicyclic) bond motifs is 1. The number of nitrogens with one attached hydrogen (secondary N) is 1. The molecule has 1 aromatic rings. The van der Waals surface area contributed by atoms with Gasteiger partial charge in [-0.1, -0.05) is 6.07 Å². The van der Waals surface area contributed by atoms with Gasteiger partial charge in [0.2, 0.25) is 0 Å². The lowest BCUT2D eigenvalue weighted by molar-refractivity contribution is 0.0775. The number of aryl methyl sites for hydroxylation is 2. The molecule has 4 rings (SSSR count). The van der Waals surface area contributed by atoms with E-state index in [-0.39, 0.29) is 5.91 Å². The van der Waals surface area contributed by atoms with E-state index < -0.39 is 0 Å². The zero-order valence-corrected chi connectivity index (χ0v) is 12.0. The molecule has 1 spiro atoms. The zero-order chi connectivity index (χ0) is 13.6. The molecule has 106 valence electrons. The van der Waals surface area contributed by atoms with Gasteiger partial charge in [0, 0.05) is 30.6 Å². The molecule has 1 N–H and O–H groups in total. The Balaban J connectivity index is 1.53. The van der Waals surface area contributed by atoms with Crippen molar-refractivity contribution in [2.45, 2.75) is 32.1 Å². The fraction of sp³-hybridized carbons (Fsp3) is 0.588. The lowest BCUT2D eigenvalue weighted by Gasteiger charge is -2.23. The monoisotopic (exact) mass is 270 g/mol. The molecular weight excluding hydrogens is 248 g/mol. The van der Waals surface area contributed by atoms with Crippen molar-refractivity contribution in [3.8, 4) is 0 Å². The zero-order valence-electron chi connectivity index (χ0n) is 12.0. The lowest BCUT2D eigenvalue weighted by atomic mass is 9.86. The highest BCUT2D eigenvalue weighted by Gasteiger charge is 2.41. The number of hydrogen-bond acceptors (Lipinski definition) is 2. The Labute approximate surface area is 120 Å². The van der Waals surface area contributed by atoms with E-state index >= 15 is 0 Å². The fourth-order valence-electron chi connectivity index (χ4n) is 4.14. The van der Waals surface area contributed by atoms with E-state index in [1.54, 1.807) is 0 Å². The van der Waals surface area contributed by atoms with Crippen molar-refractivity contribution in [2.24, 2.45) is 5.41 Å². The summed E-state index contributed by atoms with van der Waals surface area (Å²) in [5.41, 5.74) is 4.10. The van der Waals surface area contributed by atoms with Gasteiger partial charge in [0.15, 0.2) is 0 Å². The number of rotatable bonds is 1. The average Bonchev–Trinajstić information content (AvgIpc) is 3.19. The summed E-state index contributed by atoms with van der Waals surface area (Å²) in [5.74, 6) is 0.239. The molecule has 3 heteroatoms. The molecule has 20 heavy (non-hydrogen) atoms. The van der Waals surface area contributed by atoms with Crippen LogP contribution >= 0.6 is 0 Å². The largest absolute Gasteiger partial charge is 0.338 e. The van der Waals surface area contributed by atoms with Crippen LogP contribution in [-0.4, -0.2) is 37.0 Å². The standard InChI is InChI=1S/C17H22N2O/c20-16(15-5-4-13-2-1-3-14(13)10-15)19-9-7-17(12-19)6-8-18-11-17/h4-5,10,18H,1-3,6-9,11-12H2. The number of amides is 1. The Morgan fingerprint density at radius 1 is 1.20 bits per heavy atom. The summed E-state index contributed by atoms with van der Waals surface area (Å²) in [6.45, 7) is 4.06. The minimum atomic E-state index is 0.239. The first kappa shape index (κ1) is 12.4. The van der Waals surface area contributed by atoms with Crippen molar-refractivity contribution >= 4 is 5.91 Å². The predicted molar refractivity (Wildman–Crippen MR) is 78.9 cm³/mol. The maximum atomic E-state index is 12.7. The molecule has 3 aliphatic rings. The summed E-state index contributed by atoms with van der Waals surface area (Å²) >= 11 is 0. The first-order valence-corrected chi connectivity index (χ1v) is 7.88. The van der Waals surface area contributed by atoms with Gasteiger partial charge >= 0.3 is 0 Å². The molecule has 1 amide bonds. The van der Waals surface area contributed by atoms with Gasteiger partial charge in [0.1, 0.15) is 0 Å². The van der Waals surface area contributed by atoms with Gasteiger partial charge in [0.05, 0.1) is 0 Å².